The molecule has 14 heavy (non-hydrogen) atoms. The first-order chi connectivity index (χ1) is 6.93. The smallest absolute Gasteiger partial charge is 0.199 e. The third-order valence-corrected chi connectivity index (χ3v) is 2.72. The molecule has 2 heterocycles. The molecule has 1 aliphatic heterocycles. The number of oxazole rings is 1. The van der Waals surface area contributed by atoms with Gasteiger partial charge in [0, 0.05) is 12.5 Å². The Morgan fingerprint density at radius 3 is 3.07 bits per heavy atom. The Balaban J connectivity index is 2.05. The standard InChI is InChI=1S/C11H12N2O/c1-2-4-10-9(3-1)13-11(14-10)8-5-6-12-7-8/h1-4,8,12H,5-7H2. The molecule has 0 amide bonds. The Bertz CT molecular complexity index is 410. The zero-order valence-corrected chi connectivity index (χ0v) is 7.86. The maximum atomic E-state index is 5.70. The highest BCUT2D eigenvalue weighted by Crippen LogP contribution is 2.25. The Kier molecular flexibility index (Phi) is 1.77. The van der Waals surface area contributed by atoms with Crippen molar-refractivity contribution < 1.29 is 4.42 Å². The van der Waals surface area contributed by atoms with Crippen molar-refractivity contribution in [3.63, 3.8) is 0 Å². The molecule has 0 aliphatic carbocycles. The van der Waals surface area contributed by atoms with Gasteiger partial charge in [-0.25, -0.2) is 4.98 Å². The van der Waals surface area contributed by atoms with E-state index in [0.717, 1.165) is 36.5 Å². The minimum Gasteiger partial charge on any atom is -0.440 e. The summed E-state index contributed by atoms with van der Waals surface area (Å²) < 4.78 is 5.70. The number of nitrogens with one attached hydrogen (secondary N) is 1. The van der Waals surface area contributed by atoms with Crippen LogP contribution in [0.2, 0.25) is 0 Å². The van der Waals surface area contributed by atoms with Gasteiger partial charge in [0.1, 0.15) is 5.52 Å². The first-order valence-corrected chi connectivity index (χ1v) is 5.00. The van der Waals surface area contributed by atoms with Crippen molar-refractivity contribution in [3.8, 4) is 0 Å². The second-order valence-electron chi connectivity index (χ2n) is 3.71. The molecule has 0 saturated carbocycles. The average molecular weight is 188 g/mol. The molecule has 1 atom stereocenters. The van der Waals surface area contributed by atoms with Crippen molar-refractivity contribution >= 4 is 11.1 Å². The van der Waals surface area contributed by atoms with E-state index in [1.54, 1.807) is 0 Å². The highest BCUT2D eigenvalue weighted by atomic mass is 16.3. The van der Waals surface area contributed by atoms with Gasteiger partial charge in [0.2, 0.25) is 0 Å². The van der Waals surface area contributed by atoms with Crippen LogP contribution >= 0.6 is 0 Å². The Hall–Kier alpha value is -1.35. The van der Waals surface area contributed by atoms with Gasteiger partial charge >= 0.3 is 0 Å². The molecular formula is C11H12N2O. The largest absolute Gasteiger partial charge is 0.440 e. The first kappa shape index (κ1) is 8.00. The molecule has 1 aromatic carbocycles. The third kappa shape index (κ3) is 1.21. The summed E-state index contributed by atoms with van der Waals surface area (Å²) >= 11 is 0. The minimum absolute atomic E-state index is 0.461. The quantitative estimate of drug-likeness (QED) is 0.742. The summed E-state index contributed by atoms with van der Waals surface area (Å²) in [6, 6.07) is 7.92. The van der Waals surface area contributed by atoms with Crippen molar-refractivity contribution in [3.05, 3.63) is 30.2 Å². The van der Waals surface area contributed by atoms with E-state index in [1.165, 1.54) is 0 Å². The molecular weight excluding hydrogens is 176 g/mol. The zero-order chi connectivity index (χ0) is 9.38. The molecule has 3 rings (SSSR count). The van der Waals surface area contributed by atoms with E-state index in [-0.39, 0.29) is 0 Å². The van der Waals surface area contributed by atoms with Gasteiger partial charge in [-0.3, -0.25) is 0 Å². The normalized spacial score (nSPS) is 21.9. The molecule has 1 N–H and O–H groups in total. The van der Waals surface area contributed by atoms with Gasteiger partial charge in [-0.1, -0.05) is 12.1 Å². The number of para-hydroxylation sites is 2. The summed E-state index contributed by atoms with van der Waals surface area (Å²) in [5, 5.41) is 3.32. The Morgan fingerprint density at radius 2 is 2.29 bits per heavy atom. The Morgan fingerprint density at radius 1 is 1.36 bits per heavy atom. The molecule has 1 aliphatic rings. The number of rotatable bonds is 1. The lowest BCUT2D eigenvalue weighted by molar-refractivity contribution is 0.485. The highest BCUT2D eigenvalue weighted by Gasteiger charge is 2.21. The molecule has 1 unspecified atom stereocenters. The van der Waals surface area contributed by atoms with Gasteiger partial charge in [-0.05, 0) is 25.1 Å². The van der Waals surface area contributed by atoms with Crippen LogP contribution in [0.15, 0.2) is 28.7 Å². The summed E-state index contributed by atoms with van der Waals surface area (Å²) in [5.74, 6) is 1.35. The molecule has 72 valence electrons. The number of hydrogen-bond acceptors (Lipinski definition) is 3. The second kappa shape index (κ2) is 3.10. The van der Waals surface area contributed by atoms with Gasteiger partial charge in [-0.15, -0.1) is 0 Å². The van der Waals surface area contributed by atoms with Crippen molar-refractivity contribution in [2.75, 3.05) is 13.1 Å². The van der Waals surface area contributed by atoms with Crippen molar-refractivity contribution in [2.24, 2.45) is 0 Å². The van der Waals surface area contributed by atoms with Gasteiger partial charge in [-0.2, -0.15) is 0 Å². The lowest BCUT2D eigenvalue weighted by atomic mass is 10.1. The van der Waals surface area contributed by atoms with Crippen LogP contribution in [-0.4, -0.2) is 18.1 Å². The van der Waals surface area contributed by atoms with E-state index >= 15 is 0 Å². The van der Waals surface area contributed by atoms with Gasteiger partial charge < -0.3 is 9.73 Å². The summed E-state index contributed by atoms with van der Waals surface area (Å²) in [4.78, 5) is 4.49. The van der Waals surface area contributed by atoms with E-state index in [1.807, 2.05) is 24.3 Å². The van der Waals surface area contributed by atoms with Crippen LogP contribution in [0.1, 0.15) is 18.2 Å². The topological polar surface area (TPSA) is 38.1 Å². The molecule has 3 heteroatoms. The predicted octanol–water partition coefficient (Wildman–Crippen LogP) is 1.90. The maximum absolute atomic E-state index is 5.70. The van der Waals surface area contributed by atoms with Gasteiger partial charge in [0.25, 0.3) is 0 Å². The van der Waals surface area contributed by atoms with Crippen LogP contribution in [0.3, 0.4) is 0 Å². The van der Waals surface area contributed by atoms with E-state index in [0.29, 0.717) is 5.92 Å². The maximum Gasteiger partial charge on any atom is 0.199 e. The molecule has 3 nitrogen and oxygen atoms in total. The Labute approximate surface area is 82.1 Å². The van der Waals surface area contributed by atoms with Crippen molar-refractivity contribution in [1.82, 2.24) is 10.3 Å². The molecule has 2 aromatic rings. The van der Waals surface area contributed by atoms with E-state index in [4.69, 9.17) is 4.42 Å². The van der Waals surface area contributed by atoms with E-state index in [9.17, 15) is 0 Å². The highest BCUT2D eigenvalue weighted by molar-refractivity contribution is 5.72. The molecule has 0 radical (unpaired) electrons. The summed E-state index contributed by atoms with van der Waals surface area (Å²) in [7, 11) is 0. The summed E-state index contributed by atoms with van der Waals surface area (Å²) in [6.07, 6.45) is 1.13. The first-order valence-electron chi connectivity index (χ1n) is 5.00. The lowest BCUT2D eigenvalue weighted by Gasteiger charge is -1.99. The van der Waals surface area contributed by atoms with Gasteiger partial charge in [0.15, 0.2) is 11.5 Å². The van der Waals surface area contributed by atoms with Crippen LogP contribution < -0.4 is 5.32 Å². The summed E-state index contributed by atoms with van der Waals surface area (Å²) in [6.45, 7) is 2.07. The molecule has 1 aromatic heterocycles. The van der Waals surface area contributed by atoms with Crippen LogP contribution in [-0.2, 0) is 0 Å². The number of fused-ring (bicyclic) bond motifs is 1. The molecule has 0 spiro atoms. The molecule has 1 saturated heterocycles. The molecule has 1 fully saturated rings. The third-order valence-electron chi connectivity index (χ3n) is 2.72. The lowest BCUT2D eigenvalue weighted by Crippen LogP contribution is -2.07. The number of nitrogens with zero attached hydrogens (tertiary/aromatic N) is 1. The number of benzene rings is 1. The number of aromatic nitrogens is 1. The van der Waals surface area contributed by atoms with Crippen molar-refractivity contribution in [2.45, 2.75) is 12.3 Å². The average Bonchev–Trinajstić information content (AvgIpc) is 2.86. The predicted molar refractivity (Wildman–Crippen MR) is 54.2 cm³/mol. The van der Waals surface area contributed by atoms with E-state index in [2.05, 4.69) is 10.3 Å². The van der Waals surface area contributed by atoms with Gasteiger partial charge in [0.05, 0.1) is 0 Å². The van der Waals surface area contributed by atoms with Crippen LogP contribution in [0.25, 0.3) is 11.1 Å². The van der Waals surface area contributed by atoms with Crippen molar-refractivity contribution in [1.29, 1.82) is 0 Å². The summed E-state index contributed by atoms with van der Waals surface area (Å²) in [5.41, 5.74) is 1.86. The zero-order valence-electron chi connectivity index (χ0n) is 7.86. The fourth-order valence-electron chi connectivity index (χ4n) is 1.93. The second-order valence-corrected chi connectivity index (χ2v) is 3.71. The fourth-order valence-corrected chi connectivity index (χ4v) is 1.93. The number of hydrogen-bond donors (Lipinski definition) is 1. The molecule has 0 bridgehead atoms. The van der Waals surface area contributed by atoms with E-state index < -0.39 is 0 Å². The monoisotopic (exact) mass is 188 g/mol. The fraction of sp³-hybridized carbons (Fsp3) is 0.364. The van der Waals surface area contributed by atoms with Crippen LogP contribution in [0.5, 0.6) is 0 Å². The van der Waals surface area contributed by atoms with Crippen LogP contribution in [0.4, 0.5) is 0 Å². The minimum atomic E-state index is 0.461. The SMILES string of the molecule is c1ccc2oc(C3CCNC3)nc2c1. The van der Waals surface area contributed by atoms with Crippen LogP contribution in [0, 0.1) is 0 Å².